The first kappa shape index (κ1) is 15.4. The van der Waals surface area contributed by atoms with Gasteiger partial charge in [0.1, 0.15) is 5.82 Å². The van der Waals surface area contributed by atoms with Crippen LogP contribution < -0.4 is 5.32 Å². The van der Waals surface area contributed by atoms with Crippen LogP contribution in [0.3, 0.4) is 0 Å². The number of piperidine rings is 1. The monoisotopic (exact) mass is 342 g/mol. The number of nitrogens with zero attached hydrogens (tertiary/aromatic N) is 1. The fraction of sp³-hybridized carbons (Fsp3) is 0.533. The summed E-state index contributed by atoms with van der Waals surface area (Å²) in [5, 5.41) is 2.92. The Hall–Kier alpha value is -0.940. The summed E-state index contributed by atoms with van der Waals surface area (Å²) in [6.45, 7) is 6.12. The lowest BCUT2D eigenvalue weighted by Crippen LogP contribution is -2.38. The first-order chi connectivity index (χ1) is 9.60. The third-order valence-electron chi connectivity index (χ3n) is 3.88. The highest BCUT2D eigenvalue weighted by atomic mass is 79.9. The molecular formula is C15H20BrFN2O. The summed E-state index contributed by atoms with van der Waals surface area (Å²) in [5.41, 5.74) is 0.357. The smallest absolute Gasteiger partial charge is 0.252 e. The summed E-state index contributed by atoms with van der Waals surface area (Å²) in [4.78, 5) is 14.5. The Kier molecular flexibility index (Phi) is 5.54. The van der Waals surface area contributed by atoms with E-state index in [0.717, 1.165) is 32.5 Å². The second kappa shape index (κ2) is 7.18. The molecule has 1 aliphatic heterocycles. The molecule has 1 aromatic carbocycles. The van der Waals surface area contributed by atoms with Crippen LogP contribution in [0.1, 0.15) is 30.1 Å². The van der Waals surface area contributed by atoms with Crippen molar-refractivity contribution in [2.75, 3.05) is 26.2 Å². The van der Waals surface area contributed by atoms with Crippen LogP contribution in [-0.2, 0) is 0 Å². The van der Waals surface area contributed by atoms with Crippen molar-refractivity contribution in [2.24, 2.45) is 5.92 Å². The Morgan fingerprint density at radius 2 is 2.15 bits per heavy atom. The van der Waals surface area contributed by atoms with Gasteiger partial charge in [-0.1, -0.05) is 6.92 Å². The van der Waals surface area contributed by atoms with Gasteiger partial charge in [-0.2, -0.15) is 0 Å². The topological polar surface area (TPSA) is 32.3 Å². The van der Waals surface area contributed by atoms with E-state index in [2.05, 4.69) is 33.1 Å². The Morgan fingerprint density at radius 3 is 2.80 bits per heavy atom. The van der Waals surface area contributed by atoms with E-state index in [4.69, 9.17) is 0 Å². The first-order valence-corrected chi connectivity index (χ1v) is 7.85. The molecule has 1 heterocycles. The Bertz CT molecular complexity index is 473. The van der Waals surface area contributed by atoms with E-state index in [0.29, 0.717) is 22.5 Å². The van der Waals surface area contributed by atoms with Crippen molar-refractivity contribution in [1.82, 2.24) is 10.2 Å². The second-order valence-electron chi connectivity index (χ2n) is 5.21. The molecule has 1 aliphatic rings. The van der Waals surface area contributed by atoms with Gasteiger partial charge in [0.15, 0.2) is 0 Å². The van der Waals surface area contributed by atoms with Crippen LogP contribution >= 0.6 is 15.9 Å². The molecule has 0 bridgehead atoms. The van der Waals surface area contributed by atoms with Crippen molar-refractivity contribution in [1.29, 1.82) is 0 Å². The molecule has 0 aromatic heterocycles. The first-order valence-electron chi connectivity index (χ1n) is 7.05. The number of hydrogen-bond acceptors (Lipinski definition) is 2. The number of carbonyl (C=O) groups excluding carboxylic acids is 1. The lowest BCUT2D eigenvalue weighted by Gasteiger charge is -2.31. The maximum Gasteiger partial charge on any atom is 0.252 e. The molecule has 1 N–H and O–H groups in total. The third-order valence-corrected chi connectivity index (χ3v) is 4.57. The maximum atomic E-state index is 13.2. The molecule has 0 unspecified atom stereocenters. The summed E-state index contributed by atoms with van der Waals surface area (Å²) < 4.78 is 13.8. The Morgan fingerprint density at radius 1 is 1.45 bits per heavy atom. The van der Waals surface area contributed by atoms with Crippen LogP contribution in [0.4, 0.5) is 4.39 Å². The van der Waals surface area contributed by atoms with Crippen LogP contribution in [-0.4, -0.2) is 37.0 Å². The van der Waals surface area contributed by atoms with Gasteiger partial charge < -0.3 is 10.2 Å². The molecule has 5 heteroatoms. The van der Waals surface area contributed by atoms with Gasteiger partial charge in [-0.15, -0.1) is 0 Å². The average Bonchev–Trinajstić information content (AvgIpc) is 2.47. The summed E-state index contributed by atoms with van der Waals surface area (Å²) in [6, 6.07) is 4.16. The highest BCUT2D eigenvalue weighted by molar-refractivity contribution is 9.10. The van der Waals surface area contributed by atoms with E-state index in [1.165, 1.54) is 12.1 Å². The number of nitrogens with one attached hydrogen (secondary N) is 1. The molecule has 1 saturated heterocycles. The van der Waals surface area contributed by atoms with E-state index in [1.807, 2.05) is 0 Å². The molecule has 20 heavy (non-hydrogen) atoms. The fourth-order valence-corrected chi connectivity index (χ4v) is 2.94. The SMILES string of the molecule is CCN1CCC(CNC(=O)c2cc(F)ccc2Br)CC1. The summed E-state index contributed by atoms with van der Waals surface area (Å²) >= 11 is 3.28. The predicted octanol–water partition coefficient (Wildman–Crippen LogP) is 3.05. The molecule has 1 aromatic rings. The minimum Gasteiger partial charge on any atom is -0.352 e. The van der Waals surface area contributed by atoms with Crippen LogP contribution in [0.25, 0.3) is 0 Å². The minimum absolute atomic E-state index is 0.214. The highest BCUT2D eigenvalue weighted by Gasteiger charge is 2.19. The molecule has 2 rings (SSSR count). The van der Waals surface area contributed by atoms with Crippen LogP contribution in [0.15, 0.2) is 22.7 Å². The number of likely N-dealkylation sites (tertiary alicyclic amines) is 1. The molecule has 0 aliphatic carbocycles. The van der Waals surface area contributed by atoms with Crippen molar-refractivity contribution in [2.45, 2.75) is 19.8 Å². The maximum absolute atomic E-state index is 13.2. The van der Waals surface area contributed by atoms with Crippen LogP contribution in [0, 0.1) is 11.7 Å². The van der Waals surface area contributed by atoms with E-state index in [9.17, 15) is 9.18 Å². The molecule has 1 amide bonds. The predicted molar refractivity (Wildman–Crippen MR) is 81.3 cm³/mol. The van der Waals surface area contributed by atoms with Crippen LogP contribution in [0.5, 0.6) is 0 Å². The minimum atomic E-state index is -0.394. The lowest BCUT2D eigenvalue weighted by molar-refractivity contribution is 0.0935. The fourth-order valence-electron chi connectivity index (χ4n) is 2.51. The standard InChI is InChI=1S/C15H20BrFN2O/c1-2-19-7-5-11(6-8-19)10-18-15(20)13-9-12(17)3-4-14(13)16/h3-4,9,11H,2,5-8,10H2,1H3,(H,18,20). The number of carbonyl (C=O) groups is 1. The number of hydrogen-bond donors (Lipinski definition) is 1. The molecule has 3 nitrogen and oxygen atoms in total. The van der Waals surface area contributed by atoms with E-state index in [1.54, 1.807) is 6.07 Å². The highest BCUT2D eigenvalue weighted by Crippen LogP contribution is 2.19. The molecule has 0 atom stereocenters. The zero-order valence-corrected chi connectivity index (χ0v) is 13.2. The third kappa shape index (κ3) is 4.03. The van der Waals surface area contributed by atoms with E-state index < -0.39 is 5.82 Å². The zero-order valence-electron chi connectivity index (χ0n) is 11.7. The van der Waals surface area contributed by atoms with Crippen LogP contribution in [0.2, 0.25) is 0 Å². The lowest BCUT2D eigenvalue weighted by atomic mass is 9.97. The average molecular weight is 343 g/mol. The van der Waals surface area contributed by atoms with E-state index >= 15 is 0 Å². The largest absolute Gasteiger partial charge is 0.352 e. The van der Waals surface area contributed by atoms with E-state index in [-0.39, 0.29) is 5.91 Å². The molecule has 0 radical (unpaired) electrons. The Labute approximate surface area is 127 Å². The summed E-state index contributed by atoms with van der Waals surface area (Å²) in [5.74, 6) is -0.0852. The quantitative estimate of drug-likeness (QED) is 0.911. The molecule has 0 saturated carbocycles. The van der Waals surface area contributed by atoms with Crippen molar-refractivity contribution >= 4 is 21.8 Å². The number of amides is 1. The van der Waals surface area contributed by atoms with Gasteiger partial charge in [0.2, 0.25) is 0 Å². The molecule has 110 valence electrons. The van der Waals surface area contributed by atoms with Gasteiger partial charge in [0.05, 0.1) is 5.56 Å². The number of halogens is 2. The normalized spacial score (nSPS) is 17.1. The van der Waals surface area contributed by atoms with Gasteiger partial charge in [0.25, 0.3) is 5.91 Å². The Balaban J connectivity index is 1.85. The van der Waals surface area contributed by atoms with Gasteiger partial charge in [-0.05, 0) is 72.5 Å². The van der Waals surface area contributed by atoms with Gasteiger partial charge in [-0.3, -0.25) is 4.79 Å². The van der Waals surface area contributed by atoms with Gasteiger partial charge in [0, 0.05) is 11.0 Å². The molecule has 1 fully saturated rings. The van der Waals surface area contributed by atoms with Crippen molar-refractivity contribution in [3.05, 3.63) is 34.1 Å². The number of rotatable bonds is 4. The molecule has 0 spiro atoms. The summed E-state index contributed by atoms with van der Waals surface area (Å²) in [6.07, 6.45) is 2.22. The second-order valence-corrected chi connectivity index (χ2v) is 6.07. The van der Waals surface area contributed by atoms with Gasteiger partial charge in [-0.25, -0.2) is 4.39 Å². The van der Waals surface area contributed by atoms with Gasteiger partial charge >= 0.3 is 0 Å². The zero-order chi connectivity index (χ0) is 14.5. The van der Waals surface area contributed by atoms with Crippen molar-refractivity contribution < 1.29 is 9.18 Å². The number of benzene rings is 1. The van der Waals surface area contributed by atoms with Crippen molar-refractivity contribution in [3.63, 3.8) is 0 Å². The molecular weight excluding hydrogens is 323 g/mol. The summed E-state index contributed by atoms with van der Waals surface area (Å²) in [7, 11) is 0. The van der Waals surface area contributed by atoms with Crippen molar-refractivity contribution in [3.8, 4) is 0 Å².